The summed E-state index contributed by atoms with van der Waals surface area (Å²) >= 11 is 5.26. The smallest absolute Gasteiger partial charge is 0.310 e. The van der Waals surface area contributed by atoms with Crippen molar-refractivity contribution in [3.8, 4) is 0 Å². The highest BCUT2D eigenvalue weighted by atomic mass is 79.9. The number of halogens is 1. The van der Waals surface area contributed by atoms with Crippen molar-refractivity contribution in [3.63, 3.8) is 0 Å². The number of rotatable bonds is 8. The van der Waals surface area contributed by atoms with E-state index in [1.807, 2.05) is 38.1 Å². The summed E-state index contributed by atoms with van der Waals surface area (Å²) in [5.74, 6) is -2.42. The largest absolute Gasteiger partial charge is 0.466 e. The molecule has 3 aliphatic heterocycles. The van der Waals surface area contributed by atoms with Crippen molar-refractivity contribution in [1.82, 2.24) is 25.2 Å². The average Bonchev–Trinajstić information content (AvgIpc) is 3.56. The number of ether oxygens (including phenoxy) is 1. The monoisotopic (exact) mass is 579 g/mol. The van der Waals surface area contributed by atoms with E-state index in [2.05, 4.69) is 31.6 Å². The first-order valence-corrected chi connectivity index (χ1v) is 14.0. The standard InChI is InChI=1S/C24H30BrN5O5S/c1-4-35-23(34)17-18-22(33)30(16(10-31)12(2)3)20(24(18)9-13(25)19(17)36-24)21(32)26-11-29-15-8-6-5-7-14(15)27-28-29/h5-8,12-13,16-20,31H,4,9-11H2,1-3H3,(H,26,32)/t13?,16-,17+,18-,19+,20?,24?/m0/s1. The number of fused-ring (bicyclic) bond motifs is 2. The lowest BCUT2D eigenvalue weighted by Gasteiger charge is -2.38. The van der Waals surface area contributed by atoms with E-state index >= 15 is 0 Å². The molecule has 10 nitrogen and oxygen atoms in total. The lowest BCUT2D eigenvalue weighted by Crippen LogP contribution is -2.58. The summed E-state index contributed by atoms with van der Waals surface area (Å²) in [6.45, 7) is 5.59. The maximum Gasteiger partial charge on any atom is 0.310 e. The Balaban J connectivity index is 1.51. The molecule has 0 aliphatic carbocycles. The van der Waals surface area contributed by atoms with Crippen LogP contribution >= 0.6 is 27.7 Å². The van der Waals surface area contributed by atoms with Crippen molar-refractivity contribution in [1.29, 1.82) is 0 Å². The Morgan fingerprint density at radius 3 is 2.81 bits per heavy atom. The summed E-state index contributed by atoms with van der Waals surface area (Å²) in [5, 5.41) is 21.3. The van der Waals surface area contributed by atoms with Crippen LogP contribution in [0.2, 0.25) is 0 Å². The Kier molecular flexibility index (Phi) is 6.80. The molecule has 1 spiro atoms. The van der Waals surface area contributed by atoms with Crippen molar-refractivity contribution in [2.45, 2.75) is 60.8 Å². The Morgan fingerprint density at radius 1 is 1.36 bits per heavy atom. The van der Waals surface area contributed by atoms with Crippen molar-refractivity contribution in [2.24, 2.45) is 17.8 Å². The molecule has 3 unspecified atom stereocenters. The molecule has 0 radical (unpaired) electrons. The Morgan fingerprint density at radius 2 is 2.11 bits per heavy atom. The van der Waals surface area contributed by atoms with Crippen LogP contribution in [-0.4, -0.2) is 82.9 Å². The van der Waals surface area contributed by atoms with Crippen LogP contribution in [0.3, 0.4) is 0 Å². The maximum absolute atomic E-state index is 14.0. The molecule has 3 aliphatic rings. The van der Waals surface area contributed by atoms with Gasteiger partial charge in [-0.15, -0.1) is 16.9 Å². The van der Waals surface area contributed by atoms with Crippen LogP contribution in [-0.2, 0) is 25.8 Å². The van der Waals surface area contributed by atoms with Gasteiger partial charge in [-0.1, -0.05) is 47.1 Å². The van der Waals surface area contributed by atoms with Gasteiger partial charge in [0.25, 0.3) is 0 Å². The number of esters is 1. The minimum absolute atomic E-state index is 0.0397. The number of hydrogen-bond donors (Lipinski definition) is 2. The molecule has 5 rings (SSSR count). The molecule has 1 aromatic heterocycles. The minimum atomic E-state index is -0.848. The van der Waals surface area contributed by atoms with Crippen LogP contribution in [0.5, 0.6) is 0 Å². The van der Waals surface area contributed by atoms with Crippen molar-refractivity contribution >= 4 is 56.5 Å². The number of aliphatic hydroxyl groups is 1. The summed E-state index contributed by atoms with van der Waals surface area (Å²) < 4.78 is 6.17. The number of nitrogens with one attached hydrogen (secondary N) is 1. The molecule has 3 saturated heterocycles. The number of aliphatic hydroxyl groups excluding tert-OH is 1. The Hall–Kier alpha value is -2.18. The van der Waals surface area contributed by atoms with Crippen LogP contribution in [0, 0.1) is 17.8 Å². The summed E-state index contributed by atoms with van der Waals surface area (Å²) in [7, 11) is 0. The zero-order valence-corrected chi connectivity index (χ0v) is 22.7. The molecule has 2 N–H and O–H groups in total. The molecular formula is C24H30BrN5O5S. The normalized spacial score (nSPS) is 31.8. The second-order valence-electron chi connectivity index (χ2n) is 9.93. The van der Waals surface area contributed by atoms with E-state index < -0.39 is 34.6 Å². The molecule has 12 heteroatoms. The zero-order valence-electron chi connectivity index (χ0n) is 20.3. The first kappa shape index (κ1) is 25.5. The topological polar surface area (TPSA) is 127 Å². The van der Waals surface area contributed by atoms with E-state index in [1.165, 1.54) is 0 Å². The number of hydrogen-bond acceptors (Lipinski definition) is 8. The van der Waals surface area contributed by atoms with Crippen LogP contribution in [0.25, 0.3) is 11.0 Å². The van der Waals surface area contributed by atoms with Gasteiger partial charge in [-0.3, -0.25) is 14.4 Å². The highest BCUT2D eigenvalue weighted by Gasteiger charge is 2.76. The molecular weight excluding hydrogens is 550 g/mol. The van der Waals surface area contributed by atoms with E-state index in [0.29, 0.717) is 11.9 Å². The Bertz CT molecular complexity index is 1190. The highest BCUT2D eigenvalue weighted by Crippen LogP contribution is 2.68. The number of carbonyl (C=O) groups excluding carboxylic acids is 3. The number of amides is 2. The van der Waals surface area contributed by atoms with Gasteiger partial charge in [-0.2, -0.15) is 0 Å². The van der Waals surface area contributed by atoms with Crippen LogP contribution < -0.4 is 5.32 Å². The molecule has 194 valence electrons. The second kappa shape index (κ2) is 9.60. The fraction of sp³-hybridized carbons (Fsp3) is 0.625. The molecule has 4 heterocycles. The van der Waals surface area contributed by atoms with Crippen LogP contribution in [0.15, 0.2) is 24.3 Å². The number of alkyl halides is 1. The summed E-state index contributed by atoms with van der Waals surface area (Å²) in [5.41, 5.74) is 1.50. The van der Waals surface area contributed by atoms with Gasteiger partial charge in [-0.05, 0) is 31.4 Å². The van der Waals surface area contributed by atoms with Crippen LogP contribution in [0.4, 0.5) is 0 Å². The van der Waals surface area contributed by atoms with Gasteiger partial charge in [0, 0.05) is 10.1 Å². The second-order valence-corrected chi connectivity index (χ2v) is 12.6. The van der Waals surface area contributed by atoms with Crippen molar-refractivity contribution in [2.75, 3.05) is 13.2 Å². The quantitative estimate of drug-likeness (QED) is 0.356. The van der Waals surface area contributed by atoms with Gasteiger partial charge in [0.05, 0.1) is 41.4 Å². The van der Waals surface area contributed by atoms with Gasteiger partial charge >= 0.3 is 5.97 Å². The number of benzene rings is 1. The van der Waals surface area contributed by atoms with E-state index in [-0.39, 0.29) is 47.7 Å². The predicted molar refractivity (Wildman–Crippen MR) is 137 cm³/mol. The molecule has 2 aromatic rings. The summed E-state index contributed by atoms with van der Waals surface area (Å²) in [4.78, 5) is 42.5. The predicted octanol–water partition coefficient (Wildman–Crippen LogP) is 1.55. The number of nitrogens with zero attached hydrogens (tertiary/aromatic N) is 4. The van der Waals surface area contributed by atoms with E-state index in [4.69, 9.17) is 4.74 Å². The first-order valence-electron chi connectivity index (χ1n) is 12.2. The molecule has 7 atom stereocenters. The Labute approximate surface area is 221 Å². The third-order valence-electron chi connectivity index (χ3n) is 7.67. The van der Waals surface area contributed by atoms with Crippen molar-refractivity contribution in [3.05, 3.63) is 24.3 Å². The number of thioether (sulfide) groups is 1. The fourth-order valence-corrected chi connectivity index (χ4v) is 9.72. The lowest BCUT2D eigenvalue weighted by molar-refractivity contribution is -0.154. The number of likely N-dealkylation sites (tertiary alicyclic amines) is 1. The number of carbonyl (C=O) groups is 3. The molecule has 36 heavy (non-hydrogen) atoms. The van der Waals surface area contributed by atoms with E-state index in [0.717, 1.165) is 5.52 Å². The molecule has 2 bridgehead atoms. The SMILES string of the molecule is CCOC(=O)[C@H]1[C@@H]2SC3(CC2Br)C(C(=O)NCn2nnc4ccccc42)N([C@@H](CO)C(C)C)C(=O)[C@H]13. The van der Waals surface area contributed by atoms with E-state index in [9.17, 15) is 19.5 Å². The number of para-hydroxylation sites is 1. The fourth-order valence-electron chi connectivity index (χ4n) is 6.14. The third-order valence-corrected chi connectivity index (χ3v) is 10.9. The summed E-state index contributed by atoms with van der Waals surface area (Å²) in [6, 6.07) is 6.05. The molecule has 2 amide bonds. The highest BCUT2D eigenvalue weighted by molar-refractivity contribution is 9.09. The maximum atomic E-state index is 14.0. The summed E-state index contributed by atoms with van der Waals surface area (Å²) in [6.07, 6.45) is 0.561. The van der Waals surface area contributed by atoms with Gasteiger partial charge < -0.3 is 20.1 Å². The van der Waals surface area contributed by atoms with Crippen LogP contribution in [0.1, 0.15) is 27.2 Å². The van der Waals surface area contributed by atoms with Gasteiger partial charge in [0.15, 0.2) is 0 Å². The molecule has 0 saturated carbocycles. The lowest BCUT2D eigenvalue weighted by atomic mass is 9.71. The molecule has 3 fully saturated rings. The van der Waals surface area contributed by atoms with Crippen molar-refractivity contribution < 1.29 is 24.2 Å². The zero-order chi connectivity index (χ0) is 25.8. The minimum Gasteiger partial charge on any atom is -0.466 e. The third kappa shape index (κ3) is 3.75. The number of aromatic nitrogens is 3. The first-order chi connectivity index (χ1) is 17.2. The average molecular weight is 581 g/mol. The molecule has 1 aromatic carbocycles. The van der Waals surface area contributed by atoms with E-state index in [1.54, 1.807) is 28.3 Å². The van der Waals surface area contributed by atoms with Gasteiger partial charge in [0.2, 0.25) is 11.8 Å². The van der Waals surface area contributed by atoms with Gasteiger partial charge in [0.1, 0.15) is 18.2 Å². The van der Waals surface area contributed by atoms with Gasteiger partial charge in [-0.25, -0.2) is 4.68 Å².